The highest BCUT2D eigenvalue weighted by atomic mass is 32.1. The van der Waals surface area contributed by atoms with Crippen molar-refractivity contribution in [2.24, 2.45) is 0 Å². The SMILES string of the molecule is O=C(Cc1cccs1)Nc1cc2c(cc1C(=O)O)OCCCO2. The van der Waals surface area contributed by atoms with E-state index in [1.54, 1.807) is 0 Å². The Morgan fingerprint density at radius 1 is 1.22 bits per heavy atom. The van der Waals surface area contributed by atoms with Gasteiger partial charge in [0.05, 0.1) is 30.9 Å². The number of fused-ring (bicyclic) bond motifs is 1. The lowest BCUT2D eigenvalue weighted by molar-refractivity contribution is -0.115. The van der Waals surface area contributed by atoms with Crippen molar-refractivity contribution in [3.63, 3.8) is 0 Å². The molecule has 1 aliphatic rings. The predicted molar refractivity (Wildman–Crippen MR) is 85.7 cm³/mol. The van der Waals surface area contributed by atoms with Gasteiger partial charge in [-0.15, -0.1) is 11.3 Å². The number of amides is 1. The van der Waals surface area contributed by atoms with Gasteiger partial charge in [-0.3, -0.25) is 4.79 Å². The first-order valence-corrected chi connectivity index (χ1v) is 8.00. The molecular weight excluding hydrogens is 318 g/mol. The predicted octanol–water partition coefficient (Wildman–Crippen LogP) is 2.79. The maximum Gasteiger partial charge on any atom is 0.337 e. The van der Waals surface area contributed by atoms with Gasteiger partial charge in [-0.1, -0.05) is 6.07 Å². The van der Waals surface area contributed by atoms with Crippen LogP contribution in [0.2, 0.25) is 0 Å². The number of carbonyl (C=O) groups is 2. The average molecular weight is 333 g/mol. The molecule has 6 nitrogen and oxygen atoms in total. The molecule has 1 aromatic heterocycles. The molecule has 0 spiro atoms. The van der Waals surface area contributed by atoms with Crippen LogP contribution in [0, 0.1) is 0 Å². The lowest BCUT2D eigenvalue weighted by Gasteiger charge is -2.13. The molecule has 3 rings (SSSR count). The topological polar surface area (TPSA) is 84.9 Å². The molecule has 23 heavy (non-hydrogen) atoms. The summed E-state index contributed by atoms with van der Waals surface area (Å²) in [5.74, 6) is -0.577. The smallest absolute Gasteiger partial charge is 0.337 e. The average Bonchev–Trinajstić information content (AvgIpc) is 2.90. The molecule has 0 aliphatic carbocycles. The van der Waals surface area contributed by atoms with Crippen molar-refractivity contribution in [3.05, 3.63) is 40.1 Å². The molecule has 0 saturated heterocycles. The van der Waals surface area contributed by atoms with Crippen LogP contribution in [0.15, 0.2) is 29.6 Å². The van der Waals surface area contributed by atoms with Crippen LogP contribution in [-0.2, 0) is 11.2 Å². The van der Waals surface area contributed by atoms with Gasteiger partial charge in [0.25, 0.3) is 0 Å². The Morgan fingerprint density at radius 3 is 2.61 bits per heavy atom. The fraction of sp³-hybridized carbons (Fsp3) is 0.250. The van der Waals surface area contributed by atoms with Gasteiger partial charge in [0.2, 0.25) is 5.91 Å². The van der Waals surface area contributed by atoms with E-state index in [0.717, 1.165) is 11.3 Å². The Bertz CT molecular complexity index is 726. The summed E-state index contributed by atoms with van der Waals surface area (Å²) in [6, 6.07) is 6.63. The molecule has 7 heteroatoms. The van der Waals surface area contributed by atoms with Crippen molar-refractivity contribution in [2.75, 3.05) is 18.5 Å². The van der Waals surface area contributed by atoms with Crippen molar-refractivity contribution >= 4 is 28.9 Å². The fourth-order valence-electron chi connectivity index (χ4n) is 2.25. The molecule has 2 N–H and O–H groups in total. The van der Waals surface area contributed by atoms with Crippen molar-refractivity contribution < 1.29 is 24.2 Å². The van der Waals surface area contributed by atoms with Gasteiger partial charge in [-0.05, 0) is 11.4 Å². The van der Waals surface area contributed by atoms with Crippen LogP contribution in [0.5, 0.6) is 11.5 Å². The monoisotopic (exact) mass is 333 g/mol. The van der Waals surface area contributed by atoms with Crippen LogP contribution in [0.25, 0.3) is 0 Å². The van der Waals surface area contributed by atoms with Crippen molar-refractivity contribution in [3.8, 4) is 11.5 Å². The molecule has 2 heterocycles. The van der Waals surface area contributed by atoms with Crippen LogP contribution in [0.3, 0.4) is 0 Å². The number of hydrogen-bond acceptors (Lipinski definition) is 5. The quantitative estimate of drug-likeness (QED) is 0.899. The minimum Gasteiger partial charge on any atom is -0.490 e. The molecule has 0 saturated carbocycles. The second kappa shape index (κ2) is 6.70. The van der Waals surface area contributed by atoms with Crippen molar-refractivity contribution in [1.29, 1.82) is 0 Å². The molecule has 0 bridgehead atoms. The number of carboxylic acid groups (broad SMARTS) is 1. The van der Waals surface area contributed by atoms with E-state index in [4.69, 9.17) is 9.47 Å². The van der Waals surface area contributed by atoms with Gasteiger partial charge in [-0.25, -0.2) is 4.79 Å². The lowest BCUT2D eigenvalue weighted by Crippen LogP contribution is -2.16. The van der Waals surface area contributed by atoms with Gasteiger partial charge < -0.3 is 19.9 Å². The summed E-state index contributed by atoms with van der Waals surface area (Å²) < 4.78 is 11.0. The Labute approximate surface area is 136 Å². The van der Waals surface area contributed by atoms with Crippen molar-refractivity contribution in [1.82, 2.24) is 0 Å². The summed E-state index contributed by atoms with van der Waals surface area (Å²) in [6.45, 7) is 0.956. The Balaban J connectivity index is 1.86. The molecule has 0 fully saturated rings. The minimum absolute atomic E-state index is 0.0196. The van der Waals surface area contributed by atoms with E-state index in [9.17, 15) is 14.7 Å². The molecular formula is C16H15NO5S. The van der Waals surface area contributed by atoms with Crippen LogP contribution in [0.4, 0.5) is 5.69 Å². The maximum absolute atomic E-state index is 12.1. The third-order valence-corrected chi connectivity index (χ3v) is 4.18. The van der Waals surface area contributed by atoms with Gasteiger partial charge in [-0.2, -0.15) is 0 Å². The second-order valence-corrected chi connectivity index (χ2v) is 6.04. The number of carbonyl (C=O) groups excluding carboxylic acids is 1. The number of anilines is 1. The molecule has 1 aromatic carbocycles. The number of thiophene rings is 1. The van der Waals surface area contributed by atoms with Crippen LogP contribution in [0.1, 0.15) is 21.7 Å². The normalized spacial score (nSPS) is 13.2. The molecule has 0 atom stereocenters. The van der Waals surface area contributed by atoms with Crippen LogP contribution >= 0.6 is 11.3 Å². The standard InChI is InChI=1S/C16H15NO5S/c18-15(7-10-3-1-6-23-10)17-12-9-14-13(8-11(12)16(19)20)21-4-2-5-22-14/h1,3,6,8-9H,2,4-5,7H2,(H,17,18)(H,19,20). The number of rotatable bonds is 4. The zero-order chi connectivity index (χ0) is 16.2. The number of aromatic carboxylic acids is 1. The Kier molecular flexibility index (Phi) is 4.47. The second-order valence-electron chi connectivity index (χ2n) is 5.00. The van der Waals surface area contributed by atoms with E-state index in [-0.39, 0.29) is 23.6 Å². The van der Waals surface area contributed by atoms with Gasteiger partial charge in [0.1, 0.15) is 0 Å². The summed E-state index contributed by atoms with van der Waals surface area (Å²) >= 11 is 1.48. The number of nitrogens with one attached hydrogen (secondary N) is 1. The van der Waals surface area contributed by atoms with Gasteiger partial charge in [0, 0.05) is 23.4 Å². The van der Waals surface area contributed by atoms with E-state index in [1.165, 1.54) is 23.5 Å². The highest BCUT2D eigenvalue weighted by Gasteiger charge is 2.20. The summed E-state index contributed by atoms with van der Waals surface area (Å²) in [6.07, 6.45) is 0.919. The first kappa shape index (κ1) is 15.4. The van der Waals surface area contributed by atoms with Crippen molar-refractivity contribution in [2.45, 2.75) is 12.8 Å². The van der Waals surface area contributed by atoms with Gasteiger partial charge >= 0.3 is 5.97 Å². The first-order valence-electron chi connectivity index (χ1n) is 7.12. The Morgan fingerprint density at radius 2 is 1.96 bits per heavy atom. The molecule has 1 aliphatic heterocycles. The minimum atomic E-state index is -1.13. The van der Waals surface area contributed by atoms with E-state index in [2.05, 4.69) is 5.32 Å². The third kappa shape index (κ3) is 3.62. The van der Waals surface area contributed by atoms with Crippen LogP contribution < -0.4 is 14.8 Å². The largest absolute Gasteiger partial charge is 0.490 e. The van der Waals surface area contributed by atoms with E-state index in [0.29, 0.717) is 24.7 Å². The van der Waals surface area contributed by atoms with E-state index < -0.39 is 5.97 Å². The zero-order valence-corrected chi connectivity index (χ0v) is 13.0. The summed E-state index contributed by atoms with van der Waals surface area (Å²) in [5.41, 5.74) is 0.192. The lowest BCUT2D eigenvalue weighted by atomic mass is 10.1. The highest BCUT2D eigenvalue weighted by Crippen LogP contribution is 2.35. The first-order chi connectivity index (χ1) is 11.1. The molecule has 120 valence electrons. The zero-order valence-electron chi connectivity index (χ0n) is 12.2. The molecule has 1 amide bonds. The number of ether oxygens (including phenoxy) is 2. The highest BCUT2D eigenvalue weighted by molar-refractivity contribution is 7.10. The van der Waals surface area contributed by atoms with E-state index >= 15 is 0 Å². The molecule has 0 unspecified atom stereocenters. The maximum atomic E-state index is 12.1. The summed E-state index contributed by atoms with van der Waals surface area (Å²) in [5, 5.41) is 13.9. The fourth-order valence-corrected chi connectivity index (χ4v) is 2.96. The van der Waals surface area contributed by atoms with Crippen LogP contribution in [-0.4, -0.2) is 30.2 Å². The summed E-state index contributed by atoms with van der Waals surface area (Å²) in [7, 11) is 0. The number of hydrogen-bond donors (Lipinski definition) is 2. The Hall–Kier alpha value is -2.54. The number of carboxylic acids is 1. The summed E-state index contributed by atoms with van der Waals surface area (Å²) in [4.78, 5) is 24.5. The number of benzene rings is 1. The molecule has 2 aromatic rings. The van der Waals surface area contributed by atoms with E-state index in [1.807, 2.05) is 17.5 Å². The molecule has 0 radical (unpaired) electrons. The third-order valence-electron chi connectivity index (χ3n) is 3.31. The van der Waals surface area contributed by atoms with Gasteiger partial charge in [0.15, 0.2) is 11.5 Å².